The Balaban J connectivity index is 2.51. The number of benzene rings is 1. The van der Waals surface area contributed by atoms with Gasteiger partial charge in [-0.3, -0.25) is 9.69 Å². The maximum Gasteiger partial charge on any atom is 0.176 e. The molecule has 0 heterocycles. The maximum atomic E-state index is 12.0. The standard InChI is InChI=1S/C14H21NO2/c1-2-3-9-15(10-11-16)12-14(17)13-7-5-4-6-8-13/h4-8,16H,2-3,9-12H2,1H3. The number of Topliss-reactive ketones (excluding diaryl/α,β-unsaturated/α-hetero) is 1. The zero-order valence-electron chi connectivity index (χ0n) is 10.4. The molecule has 17 heavy (non-hydrogen) atoms. The highest BCUT2D eigenvalue weighted by molar-refractivity contribution is 5.97. The number of rotatable bonds is 8. The first-order chi connectivity index (χ1) is 8.27. The summed E-state index contributed by atoms with van der Waals surface area (Å²) in [6, 6.07) is 9.31. The second-order valence-corrected chi connectivity index (χ2v) is 4.14. The number of hydrogen-bond donors (Lipinski definition) is 1. The highest BCUT2D eigenvalue weighted by Gasteiger charge is 2.11. The number of aliphatic hydroxyl groups excluding tert-OH is 1. The average molecular weight is 235 g/mol. The molecule has 0 saturated carbocycles. The molecular weight excluding hydrogens is 214 g/mol. The lowest BCUT2D eigenvalue weighted by molar-refractivity contribution is 0.0913. The number of nitrogens with zero attached hydrogens (tertiary/aromatic N) is 1. The van der Waals surface area contributed by atoms with Gasteiger partial charge in [0.25, 0.3) is 0 Å². The summed E-state index contributed by atoms with van der Waals surface area (Å²) in [5.74, 6) is 0.121. The van der Waals surface area contributed by atoms with Gasteiger partial charge in [0.1, 0.15) is 0 Å². The molecule has 1 rings (SSSR count). The fourth-order valence-corrected chi connectivity index (χ4v) is 1.71. The molecule has 0 spiro atoms. The molecule has 0 aliphatic heterocycles. The van der Waals surface area contributed by atoms with E-state index in [1.165, 1.54) is 0 Å². The molecule has 3 heteroatoms. The Labute approximate surface area is 103 Å². The van der Waals surface area contributed by atoms with Crippen LogP contribution in [0, 0.1) is 0 Å². The van der Waals surface area contributed by atoms with Gasteiger partial charge in [-0.2, -0.15) is 0 Å². The molecule has 1 aromatic rings. The largest absolute Gasteiger partial charge is 0.395 e. The van der Waals surface area contributed by atoms with Crippen molar-refractivity contribution in [3.8, 4) is 0 Å². The number of ketones is 1. The predicted octanol–water partition coefficient (Wildman–Crippen LogP) is 1.96. The fourth-order valence-electron chi connectivity index (χ4n) is 1.71. The molecule has 0 aliphatic rings. The highest BCUT2D eigenvalue weighted by Crippen LogP contribution is 2.03. The van der Waals surface area contributed by atoms with Gasteiger partial charge in [-0.05, 0) is 13.0 Å². The second-order valence-electron chi connectivity index (χ2n) is 4.14. The van der Waals surface area contributed by atoms with Gasteiger partial charge in [0, 0.05) is 12.1 Å². The van der Waals surface area contributed by atoms with Crippen LogP contribution < -0.4 is 0 Å². The molecule has 1 N–H and O–H groups in total. The molecule has 0 amide bonds. The van der Waals surface area contributed by atoms with Crippen LogP contribution in [0.5, 0.6) is 0 Å². The minimum absolute atomic E-state index is 0.103. The molecule has 0 radical (unpaired) electrons. The second kappa shape index (κ2) is 7.98. The number of unbranched alkanes of at least 4 members (excludes halogenated alkanes) is 1. The molecule has 0 aromatic heterocycles. The van der Waals surface area contributed by atoms with Crippen molar-refractivity contribution < 1.29 is 9.90 Å². The van der Waals surface area contributed by atoms with Crippen molar-refractivity contribution in [3.05, 3.63) is 35.9 Å². The Bertz CT molecular complexity index is 324. The lowest BCUT2D eigenvalue weighted by atomic mass is 10.1. The van der Waals surface area contributed by atoms with E-state index in [1.54, 1.807) is 0 Å². The lowest BCUT2D eigenvalue weighted by Crippen LogP contribution is -2.33. The minimum atomic E-state index is 0.103. The molecule has 1 aromatic carbocycles. The van der Waals surface area contributed by atoms with Gasteiger partial charge in [-0.1, -0.05) is 43.7 Å². The van der Waals surface area contributed by atoms with Gasteiger partial charge in [0.2, 0.25) is 0 Å². The summed E-state index contributed by atoms with van der Waals surface area (Å²) in [6.45, 7) is 4.06. The van der Waals surface area contributed by atoms with Crippen LogP contribution in [0.1, 0.15) is 30.1 Å². The van der Waals surface area contributed by atoms with Gasteiger partial charge >= 0.3 is 0 Å². The number of carbonyl (C=O) groups is 1. The molecule has 0 bridgehead atoms. The first kappa shape index (κ1) is 13.9. The normalized spacial score (nSPS) is 10.8. The van der Waals surface area contributed by atoms with Crippen molar-refractivity contribution in [2.24, 2.45) is 0 Å². The smallest absolute Gasteiger partial charge is 0.176 e. The van der Waals surface area contributed by atoms with E-state index in [-0.39, 0.29) is 12.4 Å². The van der Waals surface area contributed by atoms with E-state index >= 15 is 0 Å². The first-order valence-electron chi connectivity index (χ1n) is 6.19. The topological polar surface area (TPSA) is 40.5 Å². The van der Waals surface area contributed by atoms with Crippen molar-refractivity contribution in [1.82, 2.24) is 4.90 Å². The zero-order chi connectivity index (χ0) is 12.5. The van der Waals surface area contributed by atoms with Crippen LogP contribution in [-0.2, 0) is 0 Å². The number of hydrogen-bond acceptors (Lipinski definition) is 3. The van der Waals surface area contributed by atoms with Crippen molar-refractivity contribution >= 4 is 5.78 Å². The molecule has 0 unspecified atom stereocenters. The molecule has 3 nitrogen and oxygen atoms in total. The summed E-state index contributed by atoms with van der Waals surface area (Å²) in [4.78, 5) is 14.0. The van der Waals surface area contributed by atoms with E-state index in [4.69, 9.17) is 5.11 Å². The molecule has 0 fully saturated rings. The Morgan fingerprint density at radius 3 is 2.53 bits per heavy atom. The van der Waals surface area contributed by atoms with E-state index in [1.807, 2.05) is 35.2 Å². The first-order valence-corrected chi connectivity index (χ1v) is 6.19. The van der Waals surface area contributed by atoms with Crippen LogP contribution in [0.4, 0.5) is 0 Å². The van der Waals surface area contributed by atoms with Crippen molar-refractivity contribution in [1.29, 1.82) is 0 Å². The molecule has 0 aliphatic carbocycles. The minimum Gasteiger partial charge on any atom is -0.395 e. The SMILES string of the molecule is CCCCN(CCO)CC(=O)c1ccccc1. The number of aliphatic hydroxyl groups is 1. The van der Waals surface area contributed by atoms with Crippen LogP contribution >= 0.6 is 0 Å². The van der Waals surface area contributed by atoms with E-state index < -0.39 is 0 Å². The van der Waals surface area contributed by atoms with Crippen molar-refractivity contribution in [3.63, 3.8) is 0 Å². The Kier molecular flexibility index (Phi) is 6.51. The van der Waals surface area contributed by atoms with Crippen LogP contribution in [-0.4, -0.2) is 42.0 Å². The summed E-state index contributed by atoms with van der Waals surface area (Å²) < 4.78 is 0. The van der Waals surface area contributed by atoms with Gasteiger partial charge in [0.15, 0.2) is 5.78 Å². The monoisotopic (exact) mass is 235 g/mol. The lowest BCUT2D eigenvalue weighted by Gasteiger charge is -2.20. The predicted molar refractivity (Wildman–Crippen MR) is 69.2 cm³/mol. The third-order valence-electron chi connectivity index (χ3n) is 2.71. The van der Waals surface area contributed by atoms with Gasteiger partial charge in [0.05, 0.1) is 13.2 Å². The van der Waals surface area contributed by atoms with Gasteiger partial charge < -0.3 is 5.11 Å². The Morgan fingerprint density at radius 2 is 1.94 bits per heavy atom. The fraction of sp³-hybridized carbons (Fsp3) is 0.500. The number of carbonyl (C=O) groups excluding carboxylic acids is 1. The van der Waals surface area contributed by atoms with Crippen LogP contribution in [0.15, 0.2) is 30.3 Å². The summed E-state index contributed by atoms with van der Waals surface area (Å²) >= 11 is 0. The maximum absolute atomic E-state index is 12.0. The summed E-state index contributed by atoms with van der Waals surface area (Å²) in [5, 5.41) is 8.97. The van der Waals surface area contributed by atoms with Crippen LogP contribution in [0.2, 0.25) is 0 Å². The molecule has 0 atom stereocenters. The van der Waals surface area contributed by atoms with Crippen LogP contribution in [0.3, 0.4) is 0 Å². The van der Waals surface area contributed by atoms with Gasteiger partial charge in [-0.15, -0.1) is 0 Å². The molecule has 0 saturated heterocycles. The third-order valence-corrected chi connectivity index (χ3v) is 2.71. The van der Waals surface area contributed by atoms with Crippen LogP contribution in [0.25, 0.3) is 0 Å². The Hall–Kier alpha value is -1.19. The van der Waals surface area contributed by atoms with E-state index in [0.717, 1.165) is 24.9 Å². The summed E-state index contributed by atoms with van der Waals surface area (Å²) in [6.07, 6.45) is 2.16. The van der Waals surface area contributed by atoms with E-state index in [9.17, 15) is 4.79 Å². The Morgan fingerprint density at radius 1 is 1.24 bits per heavy atom. The van der Waals surface area contributed by atoms with Crippen molar-refractivity contribution in [2.45, 2.75) is 19.8 Å². The zero-order valence-corrected chi connectivity index (χ0v) is 10.4. The van der Waals surface area contributed by atoms with Crippen molar-refractivity contribution in [2.75, 3.05) is 26.2 Å². The average Bonchev–Trinajstić information content (AvgIpc) is 2.37. The quantitative estimate of drug-likeness (QED) is 0.700. The van der Waals surface area contributed by atoms with Gasteiger partial charge in [-0.25, -0.2) is 0 Å². The van der Waals surface area contributed by atoms with E-state index in [2.05, 4.69) is 6.92 Å². The summed E-state index contributed by atoms with van der Waals surface area (Å²) in [7, 11) is 0. The summed E-state index contributed by atoms with van der Waals surface area (Å²) in [5.41, 5.74) is 0.743. The molecular formula is C14H21NO2. The highest BCUT2D eigenvalue weighted by atomic mass is 16.3. The molecule has 94 valence electrons. The van der Waals surface area contributed by atoms with E-state index in [0.29, 0.717) is 13.1 Å². The third kappa shape index (κ3) is 5.11.